The second-order valence-electron chi connectivity index (χ2n) is 13.0. The van der Waals surface area contributed by atoms with Crippen LogP contribution in [0.4, 0.5) is 0 Å². The van der Waals surface area contributed by atoms with E-state index in [-0.39, 0.29) is 32.1 Å². The number of amides is 3. The van der Waals surface area contributed by atoms with Crippen molar-refractivity contribution in [1.29, 1.82) is 0 Å². The maximum absolute atomic E-state index is 14.2. The number of primary amides is 1. The Kier molecular flexibility index (Phi) is 12.7. The van der Waals surface area contributed by atoms with Crippen molar-refractivity contribution in [3.8, 4) is 16.9 Å². The second kappa shape index (κ2) is 17.7. The van der Waals surface area contributed by atoms with E-state index in [9.17, 15) is 33.9 Å². The van der Waals surface area contributed by atoms with E-state index in [2.05, 4.69) is 10.6 Å². The average Bonchev–Trinajstić information content (AvgIpc) is 3.14. The lowest BCUT2D eigenvalue weighted by atomic mass is 9.90. The van der Waals surface area contributed by atoms with Gasteiger partial charge >= 0.3 is 5.97 Å². The molecular formula is C41H41N3O8. The van der Waals surface area contributed by atoms with Crippen LogP contribution in [0.25, 0.3) is 11.1 Å². The Morgan fingerprint density at radius 1 is 0.673 bits per heavy atom. The number of carboxylic acid groups (broad SMARTS) is 1. The Hall–Kier alpha value is -6.10. The molecule has 268 valence electrons. The van der Waals surface area contributed by atoms with Gasteiger partial charge in [0.2, 0.25) is 17.7 Å². The summed E-state index contributed by atoms with van der Waals surface area (Å²) in [7, 11) is 0. The normalized spacial score (nSPS) is 20.4. The van der Waals surface area contributed by atoms with Crippen molar-refractivity contribution in [2.45, 2.75) is 50.6 Å². The summed E-state index contributed by atoms with van der Waals surface area (Å²) in [6.45, 7) is -0.396. The molecule has 4 aromatic rings. The molecule has 0 radical (unpaired) electrons. The van der Waals surface area contributed by atoms with Crippen molar-refractivity contribution in [2.75, 3.05) is 6.61 Å². The van der Waals surface area contributed by atoms with Crippen molar-refractivity contribution < 1.29 is 38.6 Å². The zero-order chi connectivity index (χ0) is 37.0. The quantitative estimate of drug-likeness (QED) is 0.213. The van der Waals surface area contributed by atoms with Gasteiger partial charge < -0.3 is 26.2 Å². The highest BCUT2D eigenvalue weighted by Crippen LogP contribution is 2.22. The van der Waals surface area contributed by atoms with Gasteiger partial charge in [0.1, 0.15) is 18.4 Å². The lowest BCUT2D eigenvalue weighted by Gasteiger charge is -2.25. The van der Waals surface area contributed by atoms with E-state index in [0.29, 0.717) is 16.9 Å². The van der Waals surface area contributed by atoms with Gasteiger partial charge in [-0.2, -0.15) is 0 Å². The van der Waals surface area contributed by atoms with Crippen LogP contribution in [0.5, 0.6) is 5.75 Å². The van der Waals surface area contributed by atoms with E-state index in [1.807, 2.05) is 60.7 Å². The van der Waals surface area contributed by atoms with Gasteiger partial charge in [-0.05, 0) is 52.8 Å². The number of Topliss-reactive ketones (excluding diaryl/α,β-unsaturated/α-hetero) is 2. The van der Waals surface area contributed by atoms with Gasteiger partial charge in [-0.3, -0.25) is 28.8 Å². The third kappa shape index (κ3) is 10.7. The standard InChI is InChI=1S/C41H41N3O8/c42-38(47)24-31-22-33(45)25-52-34-17-13-27(14-18-34)19-32(41(50)51)23-37(46)35(20-26-7-3-1-4-8-26)43-40(49)36(44-39(31)48)21-28-11-15-30(16-12-28)29-9-5-2-6-10-29/h1-18,31-32,35-36H,19-25H2,(H2,42,47)(H,43,49)(H,44,48)(H,50,51)/t31-,32+,35-,36+/m0/s1. The van der Waals surface area contributed by atoms with Crippen molar-refractivity contribution in [2.24, 2.45) is 17.6 Å². The first-order valence-electron chi connectivity index (χ1n) is 17.1. The first-order chi connectivity index (χ1) is 25.0. The van der Waals surface area contributed by atoms with E-state index in [0.717, 1.165) is 16.7 Å². The zero-order valence-corrected chi connectivity index (χ0v) is 28.5. The third-order valence-corrected chi connectivity index (χ3v) is 9.02. The number of benzene rings is 4. The minimum absolute atomic E-state index is 0.00493. The molecule has 0 fully saturated rings. The molecule has 2 bridgehead atoms. The molecule has 4 aromatic carbocycles. The summed E-state index contributed by atoms with van der Waals surface area (Å²) in [4.78, 5) is 79.2. The summed E-state index contributed by atoms with van der Waals surface area (Å²) in [5.41, 5.74) is 9.46. The first kappa shape index (κ1) is 37.2. The molecule has 11 heteroatoms. The van der Waals surface area contributed by atoms with Crippen LogP contribution in [0, 0.1) is 11.8 Å². The van der Waals surface area contributed by atoms with Crippen molar-refractivity contribution in [3.05, 3.63) is 126 Å². The SMILES string of the molecule is NC(=O)C[C@@H]1CC(=O)COc2ccc(cc2)C[C@@H](C(=O)O)CC(=O)[C@H](Cc2ccccc2)NC(=O)[C@@H](Cc2ccc(-c3ccccc3)cc2)NC1=O. The molecule has 3 amide bonds. The van der Waals surface area contributed by atoms with Gasteiger partial charge in [0, 0.05) is 25.7 Å². The van der Waals surface area contributed by atoms with Gasteiger partial charge in [-0.15, -0.1) is 0 Å². The molecule has 0 spiro atoms. The zero-order valence-electron chi connectivity index (χ0n) is 28.5. The van der Waals surface area contributed by atoms with E-state index in [1.54, 1.807) is 48.5 Å². The van der Waals surface area contributed by atoms with Crippen LogP contribution in [0.15, 0.2) is 109 Å². The first-order valence-corrected chi connectivity index (χ1v) is 17.1. The fourth-order valence-electron chi connectivity index (χ4n) is 6.20. The van der Waals surface area contributed by atoms with Gasteiger partial charge in [0.05, 0.1) is 17.9 Å². The lowest BCUT2D eigenvalue weighted by Crippen LogP contribution is -2.54. The molecule has 0 unspecified atom stereocenters. The highest BCUT2D eigenvalue weighted by molar-refractivity contribution is 5.96. The minimum atomic E-state index is -1.24. The van der Waals surface area contributed by atoms with Gasteiger partial charge in [0.25, 0.3) is 0 Å². The van der Waals surface area contributed by atoms with Crippen molar-refractivity contribution in [1.82, 2.24) is 10.6 Å². The smallest absolute Gasteiger partial charge is 0.307 e. The fourth-order valence-corrected chi connectivity index (χ4v) is 6.20. The molecule has 6 rings (SSSR count). The van der Waals surface area contributed by atoms with Crippen molar-refractivity contribution in [3.63, 3.8) is 0 Å². The Morgan fingerprint density at radius 2 is 1.25 bits per heavy atom. The molecule has 2 aliphatic rings. The molecular weight excluding hydrogens is 662 g/mol. The molecule has 2 aliphatic heterocycles. The number of carbonyl (C=O) groups is 6. The van der Waals surface area contributed by atoms with Gasteiger partial charge in [-0.25, -0.2) is 0 Å². The number of fused-ring (bicyclic) bond motifs is 16. The van der Waals surface area contributed by atoms with Crippen LogP contribution in [0.3, 0.4) is 0 Å². The largest absolute Gasteiger partial charge is 0.486 e. The summed E-state index contributed by atoms with van der Waals surface area (Å²) in [5.74, 6) is -6.31. The average molecular weight is 704 g/mol. The number of carboxylic acids is 1. The molecule has 11 nitrogen and oxygen atoms in total. The Labute approximate surface area is 301 Å². The van der Waals surface area contributed by atoms with Crippen LogP contribution in [-0.2, 0) is 48.0 Å². The second-order valence-corrected chi connectivity index (χ2v) is 13.0. The molecule has 0 saturated carbocycles. The predicted molar refractivity (Wildman–Crippen MR) is 193 cm³/mol. The predicted octanol–water partition coefficient (Wildman–Crippen LogP) is 3.85. The number of nitrogens with one attached hydrogen (secondary N) is 2. The summed E-state index contributed by atoms with van der Waals surface area (Å²) in [6.07, 6.45) is -1.06. The number of hydrogen-bond donors (Lipinski definition) is 4. The van der Waals surface area contributed by atoms with E-state index < -0.39 is 72.2 Å². The van der Waals surface area contributed by atoms with Crippen LogP contribution >= 0.6 is 0 Å². The highest BCUT2D eigenvalue weighted by atomic mass is 16.5. The van der Waals surface area contributed by atoms with Crippen molar-refractivity contribution >= 4 is 35.3 Å². The molecule has 0 aliphatic carbocycles. The number of ether oxygens (including phenoxy) is 1. The highest BCUT2D eigenvalue weighted by Gasteiger charge is 2.33. The van der Waals surface area contributed by atoms with Crippen LogP contribution in [-0.4, -0.2) is 59.1 Å². The minimum Gasteiger partial charge on any atom is -0.486 e. The lowest BCUT2D eigenvalue weighted by molar-refractivity contribution is -0.144. The van der Waals surface area contributed by atoms with Gasteiger partial charge in [-0.1, -0.05) is 97.1 Å². The number of hydrogen-bond acceptors (Lipinski definition) is 7. The summed E-state index contributed by atoms with van der Waals surface area (Å²) in [6, 6.07) is 30.2. The molecule has 2 heterocycles. The fraction of sp³-hybridized carbons (Fsp3) is 0.268. The number of ketones is 2. The summed E-state index contributed by atoms with van der Waals surface area (Å²) >= 11 is 0. The Balaban J connectivity index is 1.49. The van der Waals surface area contributed by atoms with Crippen LogP contribution in [0.1, 0.15) is 36.0 Å². The molecule has 0 aromatic heterocycles. The number of rotatable bonds is 8. The maximum Gasteiger partial charge on any atom is 0.307 e. The maximum atomic E-state index is 14.2. The van der Waals surface area contributed by atoms with Crippen LogP contribution in [0.2, 0.25) is 0 Å². The van der Waals surface area contributed by atoms with E-state index in [4.69, 9.17) is 10.5 Å². The summed E-state index contributed by atoms with van der Waals surface area (Å²) < 4.78 is 5.61. The number of carbonyl (C=O) groups excluding carboxylic acids is 5. The molecule has 5 N–H and O–H groups in total. The third-order valence-electron chi connectivity index (χ3n) is 9.02. The molecule has 4 atom stereocenters. The Bertz CT molecular complexity index is 1880. The Morgan fingerprint density at radius 3 is 1.88 bits per heavy atom. The van der Waals surface area contributed by atoms with E-state index in [1.165, 1.54) is 0 Å². The molecule has 0 saturated heterocycles. The molecule has 52 heavy (non-hydrogen) atoms. The van der Waals surface area contributed by atoms with E-state index >= 15 is 0 Å². The van der Waals surface area contributed by atoms with Crippen LogP contribution < -0.4 is 21.1 Å². The monoisotopic (exact) mass is 703 g/mol. The topological polar surface area (TPSA) is 182 Å². The summed E-state index contributed by atoms with van der Waals surface area (Å²) in [5, 5.41) is 15.6. The van der Waals surface area contributed by atoms with Gasteiger partial charge in [0.15, 0.2) is 11.6 Å². The number of aliphatic carboxylic acids is 1. The number of nitrogens with two attached hydrogens (primary N) is 1.